The van der Waals surface area contributed by atoms with Crippen molar-refractivity contribution in [1.29, 1.82) is 0 Å². The molecule has 124 valence electrons. The van der Waals surface area contributed by atoms with Crippen LogP contribution in [-0.2, 0) is 4.79 Å². The third-order valence-electron chi connectivity index (χ3n) is 4.58. The van der Waals surface area contributed by atoms with Crippen LogP contribution in [-0.4, -0.2) is 76.9 Å². The average Bonchev–Trinajstić information content (AvgIpc) is 3.11. The van der Waals surface area contributed by atoms with E-state index in [1.807, 2.05) is 35.2 Å². The monoisotopic (exact) mass is 333 g/mol. The molecule has 0 N–H and O–H groups in total. The van der Waals surface area contributed by atoms with Crippen molar-refractivity contribution in [2.45, 2.75) is 13.0 Å². The van der Waals surface area contributed by atoms with Gasteiger partial charge in [-0.1, -0.05) is 25.1 Å². The number of hydrogen-bond acceptors (Lipinski definition) is 4. The lowest BCUT2D eigenvalue weighted by Gasteiger charge is -2.36. The highest BCUT2D eigenvalue weighted by atomic mass is 32.2. The number of benzene rings is 1. The van der Waals surface area contributed by atoms with Crippen molar-refractivity contribution in [2.24, 2.45) is 0 Å². The van der Waals surface area contributed by atoms with Crippen LogP contribution in [0.1, 0.15) is 17.3 Å². The minimum Gasteiger partial charge on any atom is -0.338 e. The molecule has 2 fully saturated rings. The van der Waals surface area contributed by atoms with E-state index in [0.29, 0.717) is 17.2 Å². The molecule has 1 aromatic rings. The van der Waals surface area contributed by atoms with E-state index in [4.69, 9.17) is 0 Å². The van der Waals surface area contributed by atoms with E-state index in [9.17, 15) is 9.59 Å². The molecule has 0 aromatic heterocycles. The van der Waals surface area contributed by atoms with Crippen molar-refractivity contribution in [3.63, 3.8) is 0 Å². The standard InChI is InChI=1S/C17H23N3O2S/c1-2-18-8-10-19(11-9-18)17(22)15-12-23-13-20(15)16(21)14-6-4-3-5-7-14/h3-7,15H,2,8-13H2,1H3. The van der Waals surface area contributed by atoms with Gasteiger partial charge in [-0.15, -0.1) is 11.8 Å². The SMILES string of the molecule is CCN1CCN(C(=O)C2CSCN2C(=O)c2ccccc2)CC1. The fourth-order valence-corrected chi connectivity index (χ4v) is 4.23. The first-order valence-electron chi connectivity index (χ1n) is 8.15. The molecule has 0 saturated carbocycles. The molecule has 1 atom stereocenters. The highest BCUT2D eigenvalue weighted by Crippen LogP contribution is 2.25. The first-order chi connectivity index (χ1) is 11.2. The Bertz CT molecular complexity index is 558. The van der Waals surface area contributed by atoms with Crippen LogP contribution in [0.25, 0.3) is 0 Å². The normalized spacial score (nSPS) is 22.4. The number of carbonyl (C=O) groups is 2. The predicted molar refractivity (Wildman–Crippen MR) is 92.4 cm³/mol. The van der Waals surface area contributed by atoms with Crippen LogP contribution in [0, 0.1) is 0 Å². The summed E-state index contributed by atoms with van der Waals surface area (Å²) in [6, 6.07) is 8.92. The lowest BCUT2D eigenvalue weighted by molar-refractivity contribution is -0.136. The lowest BCUT2D eigenvalue weighted by atomic mass is 10.1. The van der Waals surface area contributed by atoms with Gasteiger partial charge in [0.25, 0.3) is 5.91 Å². The maximum Gasteiger partial charge on any atom is 0.255 e. The van der Waals surface area contributed by atoms with Crippen LogP contribution in [0.2, 0.25) is 0 Å². The molecule has 2 amide bonds. The summed E-state index contributed by atoms with van der Waals surface area (Å²) in [5.74, 6) is 1.36. The predicted octanol–water partition coefficient (Wildman–Crippen LogP) is 1.37. The van der Waals surface area contributed by atoms with Crippen LogP contribution < -0.4 is 0 Å². The second-order valence-corrected chi connectivity index (χ2v) is 6.92. The molecule has 2 heterocycles. The average molecular weight is 333 g/mol. The first-order valence-corrected chi connectivity index (χ1v) is 9.31. The molecule has 2 saturated heterocycles. The summed E-state index contributed by atoms with van der Waals surface area (Å²) < 4.78 is 0. The van der Waals surface area contributed by atoms with Gasteiger partial charge in [-0.3, -0.25) is 9.59 Å². The highest BCUT2D eigenvalue weighted by molar-refractivity contribution is 7.99. The third kappa shape index (κ3) is 3.53. The van der Waals surface area contributed by atoms with Crippen LogP contribution in [0.3, 0.4) is 0 Å². The third-order valence-corrected chi connectivity index (χ3v) is 5.59. The van der Waals surface area contributed by atoms with E-state index < -0.39 is 0 Å². The van der Waals surface area contributed by atoms with Gasteiger partial charge in [0.15, 0.2) is 0 Å². The molecule has 2 aliphatic rings. The molecule has 6 heteroatoms. The topological polar surface area (TPSA) is 43.9 Å². The summed E-state index contributed by atoms with van der Waals surface area (Å²) in [6.07, 6.45) is 0. The molecular formula is C17H23N3O2S. The van der Waals surface area contributed by atoms with E-state index >= 15 is 0 Å². The molecule has 2 aliphatic heterocycles. The van der Waals surface area contributed by atoms with Gasteiger partial charge in [0.05, 0.1) is 5.88 Å². The summed E-state index contributed by atoms with van der Waals surface area (Å²) in [7, 11) is 0. The zero-order valence-electron chi connectivity index (χ0n) is 13.5. The van der Waals surface area contributed by atoms with Gasteiger partial charge in [-0.25, -0.2) is 0 Å². The Balaban J connectivity index is 1.67. The Morgan fingerprint density at radius 1 is 1.13 bits per heavy atom. The van der Waals surface area contributed by atoms with Gasteiger partial charge in [0, 0.05) is 37.5 Å². The second kappa shape index (κ2) is 7.36. The van der Waals surface area contributed by atoms with E-state index in [0.717, 1.165) is 32.7 Å². The minimum absolute atomic E-state index is 0.0406. The first kappa shape index (κ1) is 16.3. The summed E-state index contributed by atoms with van der Waals surface area (Å²) in [6.45, 7) is 6.55. The van der Waals surface area contributed by atoms with E-state index in [-0.39, 0.29) is 17.9 Å². The van der Waals surface area contributed by atoms with Crippen molar-refractivity contribution >= 4 is 23.6 Å². The van der Waals surface area contributed by atoms with Gasteiger partial charge in [0.2, 0.25) is 5.91 Å². The van der Waals surface area contributed by atoms with Crippen LogP contribution in [0.5, 0.6) is 0 Å². The van der Waals surface area contributed by atoms with E-state index in [1.165, 1.54) is 0 Å². The number of rotatable bonds is 3. The fraction of sp³-hybridized carbons (Fsp3) is 0.529. The van der Waals surface area contributed by atoms with Crippen molar-refractivity contribution in [3.8, 4) is 0 Å². The zero-order chi connectivity index (χ0) is 16.2. The molecule has 3 rings (SSSR count). The van der Waals surface area contributed by atoms with Gasteiger partial charge >= 0.3 is 0 Å². The Hall–Kier alpha value is -1.53. The summed E-state index contributed by atoms with van der Waals surface area (Å²) in [5.41, 5.74) is 0.656. The Kier molecular flexibility index (Phi) is 5.23. The number of likely N-dealkylation sites (N-methyl/N-ethyl adjacent to an activating group) is 1. The smallest absolute Gasteiger partial charge is 0.255 e. The molecule has 5 nitrogen and oxygen atoms in total. The van der Waals surface area contributed by atoms with Crippen LogP contribution in [0.4, 0.5) is 0 Å². The molecule has 0 spiro atoms. The Labute approximate surface area is 141 Å². The Morgan fingerprint density at radius 2 is 1.83 bits per heavy atom. The molecule has 1 unspecified atom stereocenters. The largest absolute Gasteiger partial charge is 0.338 e. The van der Waals surface area contributed by atoms with Crippen molar-refractivity contribution in [3.05, 3.63) is 35.9 Å². The van der Waals surface area contributed by atoms with Gasteiger partial charge in [-0.05, 0) is 18.7 Å². The molecular weight excluding hydrogens is 310 g/mol. The summed E-state index contributed by atoms with van der Waals surface area (Å²) >= 11 is 1.66. The Morgan fingerprint density at radius 3 is 2.48 bits per heavy atom. The van der Waals surface area contributed by atoms with Gasteiger partial charge in [-0.2, -0.15) is 0 Å². The quantitative estimate of drug-likeness (QED) is 0.838. The molecule has 0 bridgehead atoms. The van der Waals surface area contributed by atoms with E-state index in [2.05, 4.69) is 11.8 Å². The van der Waals surface area contributed by atoms with Crippen LogP contribution >= 0.6 is 11.8 Å². The number of thioether (sulfide) groups is 1. The van der Waals surface area contributed by atoms with Crippen molar-refractivity contribution < 1.29 is 9.59 Å². The number of amides is 2. The molecule has 1 aromatic carbocycles. The zero-order valence-corrected chi connectivity index (χ0v) is 14.3. The second-order valence-electron chi connectivity index (χ2n) is 5.92. The maximum absolute atomic E-state index is 12.8. The number of nitrogens with zero attached hydrogens (tertiary/aromatic N) is 3. The molecule has 23 heavy (non-hydrogen) atoms. The van der Waals surface area contributed by atoms with Crippen molar-refractivity contribution in [1.82, 2.24) is 14.7 Å². The highest BCUT2D eigenvalue weighted by Gasteiger charge is 2.38. The van der Waals surface area contributed by atoms with Crippen LogP contribution in [0.15, 0.2) is 30.3 Å². The summed E-state index contributed by atoms with van der Waals surface area (Å²) in [4.78, 5) is 31.5. The molecule has 0 radical (unpaired) electrons. The molecule has 0 aliphatic carbocycles. The van der Waals surface area contributed by atoms with Gasteiger partial charge < -0.3 is 14.7 Å². The number of hydrogen-bond donors (Lipinski definition) is 0. The fourth-order valence-electron chi connectivity index (χ4n) is 3.09. The maximum atomic E-state index is 12.8. The number of carbonyl (C=O) groups excluding carboxylic acids is 2. The summed E-state index contributed by atoms with van der Waals surface area (Å²) in [5, 5.41) is 0. The van der Waals surface area contributed by atoms with Crippen molar-refractivity contribution in [2.75, 3.05) is 44.4 Å². The lowest BCUT2D eigenvalue weighted by Crippen LogP contribution is -2.55. The van der Waals surface area contributed by atoms with E-state index in [1.54, 1.807) is 16.7 Å². The number of piperazine rings is 1. The minimum atomic E-state index is -0.319. The van der Waals surface area contributed by atoms with Gasteiger partial charge in [0.1, 0.15) is 6.04 Å².